The molecule has 1 N–H and O–H groups in total. The lowest BCUT2D eigenvalue weighted by molar-refractivity contribution is -0.384. The molecule has 1 aliphatic heterocycles. The van der Waals surface area contributed by atoms with E-state index < -0.39 is 16.8 Å². The van der Waals surface area contributed by atoms with Crippen molar-refractivity contribution < 1.29 is 19.2 Å². The normalized spacial score (nSPS) is 18.8. The highest BCUT2D eigenvalue weighted by Gasteiger charge is 2.22. The summed E-state index contributed by atoms with van der Waals surface area (Å²) in [5.74, 6) is -0.532. The first-order chi connectivity index (χ1) is 12.3. The molecule has 2 atom stereocenters. The van der Waals surface area contributed by atoms with E-state index in [1.54, 1.807) is 0 Å². The third kappa shape index (κ3) is 5.01. The minimum absolute atomic E-state index is 0.0234. The summed E-state index contributed by atoms with van der Waals surface area (Å²) >= 11 is 0. The van der Waals surface area contributed by atoms with Gasteiger partial charge in [-0.2, -0.15) is 0 Å². The second-order valence-corrected chi connectivity index (χ2v) is 6.82. The Morgan fingerprint density at radius 2 is 2.08 bits per heavy atom. The zero-order chi connectivity index (χ0) is 19.3. The number of carbonyl (C=O) groups is 2. The van der Waals surface area contributed by atoms with Gasteiger partial charge in [0.25, 0.3) is 11.6 Å². The Bertz CT molecular complexity index is 691. The molecule has 1 aromatic rings. The molecule has 0 aliphatic carbocycles. The van der Waals surface area contributed by atoms with Crippen LogP contribution >= 0.6 is 0 Å². The lowest BCUT2D eigenvalue weighted by Gasteiger charge is -2.35. The summed E-state index contributed by atoms with van der Waals surface area (Å²) in [4.78, 5) is 36.9. The third-order valence-corrected chi connectivity index (χ3v) is 4.68. The van der Waals surface area contributed by atoms with Crippen LogP contribution in [-0.2, 0) is 4.74 Å². The topological polar surface area (TPSA) is 102 Å². The lowest BCUT2D eigenvalue weighted by atomic mass is 9.99. The Morgan fingerprint density at radius 3 is 2.69 bits per heavy atom. The number of nitro benzene ring substituents is 1. The molecule has 1 fully saturated rings. The van der Waals surface area contributed by atoms with Crippen LogP contribution in [0, 0.1) is 16.0 Å². The fraction of sp³-hybridized carbons (Fsp3) is 0.556. The van der Waals surface area contributed by atoms with Crippen LogP contribution in [0.25, 0.3) is 0 Å². The van der Waals surface area contributed by atoms with Crippen LogP contribution in [0.3, 0.4) is 0 Å². The zero-order valence-corrected chi connectivity index (χ0v) is 15.4. The maximum absolute atomic E-state index is 12.4. The number of ether oxygens (including phenoxy) is 1. The van der Waals surface area contributed by atoms with Crippen molar-refractivity contribution in [3.63, 3.8) is 0 Å². The molecule has 1 aliphatic rings. The van der Waals surface area contributed by atoms with Crippen molar-refractivity contribution in [3.05, 3.63) is 39.4 Å². The summed E-state index contributed by atoms with van der Waals surface area (Å²) in [6.07, 6.45) is 2.37. The van der Waals surface area contributed by atoms with E-state index in [2.05, 4.69) is 21.9 Å². The van der Waals surface area contributed by atoms with Crippen LogP contribution in [0.15, 0.2) is 18.2 Å². The van der Waals surface area contributed by atoms with Crippen molar-refractivity contribution in [2.45, 2.75) is 32.7 Å². The smallest absolute Gasteiger partial charge is 0.338 e. The molecule has 0 saturated carbocycles. The van der Waals surface area contributed by atoms with E-state index in [1.165, 1.54) is 19.6 Å². The Kier molecular flexibility index (Phi) is 6.68. The van der Waals surface area contributed by atoms with Gasteiger partial charge in [0, 0.05) is 36.8 Å². The number of rotatable bonds is 6. The van der Waals surface area contributed by atoms with Gasteiger partial charge < -0.3 is 10.1 Å². The Morgan fingerprint density at radius 1 is 1.38 bits per heavy atom. The van der Waals surface area contributed by atoms with Crippen LogP contribution in [0.4, 0.5) is 5.69 Å². The van der Waals surface area contributed by atoms with Gasteiger partial charge in [0.1, 0.15) is 0 Å². The largest absolute Gasteiger partial charge is 0.465 e. The van der Waals surface area contributed by atoms with E-state index >= 15 is 0 Å². The number of carbonyl (C=O) groups excluding carboxylic acids is 2. The maximum Gasteiger partial charge on any atom is 0.338 e. The summed E-state index contributed by atoms with van der Waals surface area (Å²) in [6.45, 7) is 6.70. The predicted molar refractivity (Wildman–Crippen MR) is 96.2 cm³/mol. The van der Waals surface area contributed by atoms with Crippen LogP contribution in [-0.4, -0.2) is 54.5 Å². The number of methoxy groups -OCH3 is 1. The number of hydrogen-bond donors (Lipinski definition) is 1. The molecule has 8 heteroatoms. The average Bonchev–Trinajstić information content (AvgIpc) is 2.64. The van der Waals surface area contributed by atoms with Gasteiger partial charge in [-0.15, -0.1) is 0 Å². The van der Waals surface area contributed by atoms with Gasteiger partial charge in [0.15, 0.2) is 0 Å². The minimum Gasteiger partial charge on any atom is -0.465 e. The first kappa shape index (κ1) is 19.8. The van der Waals surface area contributed by atoms with Crippen LogP contribution in [0.5, 0.6) is 0 Å². The Hall–Kier alpha value is -2.48. The number of likely N-dealkylation sites (tertiary alicyclic amines) is 1. The van der Waals surface area contributed by atoms with Crippen LogP contribution in [0.2, 0.25) is 0 Å². The Labute approximate surface area is 152 Å². The number of piperidine rings is 1. The average molecular weight is 363 g/mol. The minimum atomic E-state index is -0.724. The molecule has 0 radical (unpaired) electrons. The molecule has 0 aromatic heterocycles. The number of amides is 1. The number of non-ortho nitro benzene ring substituents is 1. The van der Waals surface area contributed by atoms with Gasteiger partial charge >= 0.3 is 5.97 Å². The first-order valence-corrected chi connectivity index (χ1v) is 8.72. The molecule has 8 nitrogen and oxygen atoms in total. The second-order valence-electron chi connectivity index (χ2n) is 6.82. The Balaban J connectivity index is 2.07. The van der Waals surface area contributed by atoms with Crippen molar-refractivity contribution in [2.75, 3.05) is 26.7 Å². The van der Waals surface area contributed by atoms with Crippen LogP contribution in [0.1, 0.15) is 47.4 Å². The summed E-state index contributed by atoms with van der Waals surface area (Å²) in [5.41, 5.74) is -0.278. The molecule has 1 heterocycles. The monoisotopic (exact) mass is 363 g/mol. The van der Waals surface area contributed by atoms with Gasteiger partial charge in [-0.05, 0) is 38.3 Å². The number of nitro groups is 1. The number of nitrogens with one attached hydrogen (secondary N) is 1. The van der Waals surface area contributed by atoms with Crippen LogP contribution < -0.4 is 5.32 Å². The molecular weight excluding hydrogens is 338 g/mol. The highest BCUT2D eigenvalue weighted by atomic mass is 16.6. The highest BCUT2D eigenvalue weighted by Crippen LogP contribution is 2.19. The molecule has 2 unspecified atom stereocenters. The second kappa shape index (κ2) is 8.75. The molecule has 142 valence electrons. The standard InChI is InChI=1S/C18H25N3O5/c1-12-5-4-6-20(11-12)13(2)10-19-17(22)14-7-15(18(23)26-3)9-16(8-14)21(24)25/h7-9,12-13H,4-6,10-11H2,1-3H3,(H,19,22). The SMILES string of the molecule is COC(=O)c1cc(C(=O)NCC(C)N2CCCC(C)C2)cc([N+](=O)[O-])c1. The quantitative estimate of drug-likeness (QED) is 0.472. The highest BCUT2D eigenvalue weighted by molar-refractivity contribution is 5.98. The van der Waals surface area contributed by atoms with E-state index in [9.17, 15) is 19.7 Å². The predicted octanol–water partition coefficient (Wildman–Crippen LogP) is 2.23. The molecule has 1 amide bonds. The van der Waals surface area contributed by atoms with E-state index in [4.69, 9.17) is 0 Å². The molecule has 2 rings (SSSR count). The number of benzene rings is 1. The fourth-order valence-corrected chi connectivity index (χ4v) is 3.18. The molecule has 1 aromatic carbocycles. The zero-order valence-electron chi connectivity index (χ0n) is 15.4. The molecule has 1 saturated heterocycles. The fourth-order valence-electron chi connectivity index (χ4n) is 3.18. The van der Waals surface area contributed by atoms with E-state index in [0.717, 1.165) is 31.6 Å². The van der Waals surface area contributed by atoms with E-state index in [-0.39, 0.29) is 22.9 Å². The van der Waals surface area contributed by atoms with E-state index in [1.807, 2.05) is 6.92 Å². The summed E-state index contributed by atoms with van der Waals surface area (Å²) in [6, 6.07) is 3.73. The van der Waals surface area contributed by atoms with Crippen molar-refractivity contribution in [2.24, 2.45) is 5.92 Å². The molecule has 0 bridgehead atoms. The van der Waals surface area contributed by atoms with Crippen molar-refractivity contribution in [3.8, 4) is 0 Å². The molecule has 26 heavy (non-hydrogen) atoms. The first-order valence-electron chi connectivity index (χ1n) is 8.72. The van der Waals surface area contributed by atoms with Gasteiger partial charge in [-0.25, -0.2) is 4.79 Å². The third-order valence-electron chi connectivity index (χ3n) is 4.68. The van der Waals surface area contributed by atoms with Gasteiger partial charge in [-0.1, -0.05) is 6.92 Å². The summed E-state index contributed by atoms with van der Waals surface area (Å²) in [7, 11) is 1.18. The number of esters is 1. The van der Waals surface area contributed by atoms with Gasteiger partial charge in [0.05, 0.1) is 17.6 Å². The lowest BCUT2D eigenvalue weighted by Crippen LogP contribution is -2.46. The number of hydrogen-bond acceptors (Lipinski definition) is 6. The summed E-state index contributed by atoms with van der Waals surface area (Å²) < 4.78 is 4.59. The molecular formula is C18H25N3O5. The van der Waals surface area contributed by atoms with E-state index in [0.29, 0.717) is 12.5 Å². The maximum atomic E-state index is 12.4. The summed E-state index contributed by atoms with van der Waals surface area (Å²) in [5, 5.41) is 13.9. The van der Waals surface area contributed by atoms with Gasteiger partial charge in [0.2, 0.25) is 0 Å². The molecule has 0 spiro atoms. The number of nitrogens with zero attached hydrogens (tertiary/aromatic N) is 2. The van der Waals surface area contributed by atoms with Gasteiger partial charge in [-0.3, -0.25) is 19.8 Å². The van der Waals surface area contributed by atoms with Crippen molar-refractivity contribution in [1.29, 1.82) is 0 Å². The van der Waals surface area contributed by atoms with Crippen molar-refractivity contribution >= 4 is 17.6 Å². The van der Waals surface area contributed by atoms with Crippen molar-refractivity contribution in [1.82, 2.24) is 10.2 Å².